The summed E-state index contributed by atoms with van der Waals surface area (Å²) in [6.45, 7) is 17.9. The van der Waals surface area contributed by atoms with Crippen LogP contribution in [0.5, 0.6) is 11.5 Å². The van der Waals surface area contributed by atoms with E-state index in [1.165, 1.54) is 56.9 Å². The van der Waals surface area contributed by atoms with Gasteiger partial charge in [0.25, 0.3) is 0 Å². The van der Waals surface area contributed by atoms with Crippen LogP contribution in [-0.4, -0.2) is 54.9 Å². The Hall–Kier alpha value is -0.0700. The molecule has 0 aliphatic carbocycles. The van der Waals surface area contributed by atoms with Gasteiger partial charge in [0.15, 0.2) is 0 Å². The Bertz CT molecular complexity index is 860. The van der Waals surface area contributed by atoms with Crippen molar-refractivity contribution in [3.63, 3.8) is 0 Å². The monoisotopic (exact) mass is 552 g/mol. The molecule has 1 aromatic rings. The molecule has 0 aromatic heterocycles. The molecule has 212 valence electrons. The third-order valence-electron chi connectivity index (χ3n) is 7.87. The second-order valence-electron chi connectivity index (χ2n) is 12.0. The van der Waals surface area contributed by atoms with Crippen molar-refractivity contribution in [3.05, 3.63) is 22.3 Å². The molecule has 8 heteroatoms. The van der Waals surface area contributed by atoms with Crippen LogP contribution in [0.3, 0.4) is 0 Å². The number of phenolic OH excluding ortho intramolecular Hbond substituents is 1. The minimum absolute atomic E-state index is 0. The molecule has 0 saturated carbocycles. The molecule has 3 atom stereocenters. The van der Waals surface area contributed by atoms with Crippen molar-refractivity contribution in [2.75, 3.05) is 0 Å². The number of benzene rings is 1. The van der Waals surface area contributed by atoms with E-state index < -0.39 is 7.82 Å². The molecule has 0 fully saturated rings. The molecule has 2 rings (SSSR count). The summed E-state index contributed by atoms with van der Waals surface area (Å²) in [7, 11) is -4.64. The van der Waals surface area contributed by atoms with Crippen molar-refractivity contribution >= 4 is 37.4 Å². The number of rotatable bonds is 12. The normalized spacial score (nSPS) is 18.7. The number of phenols is 1. The van der Waals surface area contributed by atoms with E-state index in [0.717, 1.165) is 59.5 Å². The average molecular weight is 553 g/mol. The summed E-state index contributed by atoms with van der Waals surface area (Å²) in [6, 6.07) is 0. The van der Waals surface area contributed by atoms with E-state index in [1.807, 2.05) is 13.8 Å². The van der Waals surface area contributed by atoms with Gasteiger partial charge in [-0.2, -0.15) is 0 Å². The van der Waals surface area contributed by atoms with Crippen LogP contribution >= 0.6 is 7.82 Å². The second-order valence-corrected chi connectivity index (χ2v) is 13.0. The predicted molar refractivity (Wildman–Crippen MR) is 156 cm³/mol. The van der Waals surface area contributed by atoms with E-state index in [4.69, 9.17) is 24.0 Å². The van der Waals surface area contributed by atoms with Crippen molar-refractivity contribution in [2.24, 2.45) is 17.8 Å². The van der Waals surface area contributed by atoms with Gasteiger partial charge in [0, 0.05) is 5.56 Å². The van der Waals surface area contributed by atoms with Crippen LogP contribution in [0.25, 0.3) is 0 Å². The van der Waals surface area contributed by atoms with Crippen molar-refractivity contribution < 1.29 is 29.1 Å². The fourth-order valence-corrected chi connectivity index (χ4v) is 5.27. The topological polar surface area (TPSA) is 107 Å². The summed E-state index contributed by atoms with van der Waals surface area (Å²) in [6.07, 6.45) is 14.1. The molecule has 1 aliphatic rings. The molecule has 1 aliphatic heterocycles. The van der Waals surface area contributed by atoms with Gasteiger partial charge in [0.05, 0.1) is 0 Å². The molecular weight excluding hydrogens is 498 g/mol. The van der Waals surface area contributed by atoms with Gasteiger partial charge in [0.1, 0.15) is 17.1 Å². The molecule has 4 N–H and O–H groups in total. The Morgan fingerprint density at radius 2 is 1.30 bits per heavy atom. The molecule has 37 heavy (non-hydrogen) atoms. The van der Waals surface area contributed by atoms with Crippen LogP contribution in [-0.2, 0) is 11.0 Å². The number of ether oxygens (including phenoxy) is 1. The average Bonchev–Trinajstić information content (AvgIpc) is 2.74. The van der Waals surface area contributed by atoms with Crippen molar-refractivity contribution in [3.8, 4) is 11.5 Å². The van der Waals surface area contributed by atoms with E-state index in [2.05, 4.69) is 41.5 Å². The van der Waals surface area contributed by atoms with Crippen LogP contribution in [0, 0.1) is 38.5 Å². The maximum absolute atomic E-state index is 10.4. The first-order valence-electron chi connectivity index (χ1n) is 13.8. The van der Waals surface area contributed by atoms with Gasteiger partial charge in [-0.1, -0.05) is 72.6 Å². The summed E-state index contributed by atoms with van der Waals surface area (Å²) in [5.74, 6) is 4.04. The SMILES string of the molecule is Cc1c(C)c2c(c(C)c1O)CC[C@@](C)(CCCC(C)CCCC(C)CCCC(C)C)O2.O=P(O)(O)O.[NaH]. The minimum atomic E-state index is -4.64. The van der Waals surface area contributed by atoms with Gasteiger partial charge in [-0.05, 0) is 87.8 Å². The molecule has 6 nitrogen and oxygen atoms in total. The quantitative estimate of drug-likeness (QED) is 0.161. The number of fused-ring (bicyclic) bond motifs is 1. The molecule has 0 amide bonds. The summed E-state index contributed by atoms with van der Waals surface area (Å²) in [5, 5.41) is 10.4. The molecular formula is C29H54NaO6P. The van der Waals surface area contributed by atoms with Crippen molar-refractivity contribution in [1.82, 2.24) is 0 Å². The van der Waals surface area contributed by atoms with Gasteiger partial charge in [-0.3, -0.25) is 0 Å². The van der Waals surface area contributed by atoms with Crippen LogP contribution in [0.1, 0.15) is 121 Å². The molecule has 1 aromatic carbocycles. The Labute approximate surface area is 248 Å². The Kier molecular flexibility index (Phi) is 16.9. The molecule has 0 saturated heterocycles. The van der Waals surface area contributed by atoms with Crippen LogP contribution in [0.15, 0.2) is 0 Å². The Morgan fingerprint density at radius 1 is 0.838 bits per heavy atom. The first-order chi connectivity index (χ1) is 16.5. The first kappa shape index (κ1) is 36.9. The summed E-state index contributed by atoms with van der Waals surface area (Å²) in [5.41, 5.74) is 4.23. The van der Waals surface area contributed by atoms with Crippen LogP contribution < -0.4 is 4.74 Å². The van der Waals surface area contributed by atoms with Gasteiger partial charge >= 0.3 is 37.4 Å². The van der Waals surface area contributed by atoms with E-state index >= 15 is 0 Å². The summed E-state index contributed by atoms with van der Waals surface area (Å²) in [4.78, 5) is 21.6. The fraction of sp³-hybridized carbons (Fsp3) is 0.793. The second kappa shape index (κ2) is 16.9. The molecule has 0 spiro atoms. The number of hydrogen-bond acceptors (Lipinski definition) is 3. The summed E-state index contributed by atoms with van der Waals surface area (Å²) >= 11 is 0. The van der Waals surface area contributed by atoms with Gasteiger partial charge < -0.3 is 24.5 Å². The third kappa shape index (κ3) is 14.2. The zero-order valence-corrected chi connectivity index (χ0v) is 25.0. The zero-order chi connectivity index (χ0) is 27.7. The van der Waals surface area contributed by atoms with E-state index in [-0.39, 0.29) is 35.2 Å². The molecule has 2 unspecified atom stereocenters. The predicted octanol–water partition coefficient (Wildman–Crippen LogP) is 7.26. The number of aromatic hydroxyl groups is 1. The third-order valence-corrected chi connectivity index (χ3v) is 7.87. The molecule has 1 heterocycles. The zero-order valence-electron chi connectivity index (χ0n) is 24.1. The Morgan fingerprint density at radius 3 is 1.78 bits per heavy atom. The maximum atomic E-state index is 10.4. The van der Waals surface area contributed by atoms with Gasteiger partial charge in [-0.25, -0.2) is 4.57 Å². The van der Waals surface area contributed by atoms with E-state index in [0.29, 0.717) is 5.75 Å². The van der Waals surface area contributed by atoms with Crippen LogP contribution in [0.4, 0.5) is 0 Å². The van der Waals surface area contributed by atoms with E-state index in [1.54, 1.807) is 0 Å². The Balaban J connectivity index is 0.00000196. The van der Waals surface area contributed by atoms with E-state index in [9.17, 15) is 5.11 Å². The van der Waals surface area contributed by atoms with Gasteiger partial charge in [0.2, 0.25) is 0 Å². The van der Waals surface area contributed by atoms with Crippen molar-refractivity contribution in [2.45, 2.75) is 132 Å². The standard InChI is InChI=1S/C29H50O2.Na.H3O4P.H/c1-20(2)12-9-13-21(3)14-10-15-22(4)16-11-18-29(8)19-17-26-25(7)27(30)23(5)24(6)28(26)31-29;;1-5(2,3)4;/h20-22,30H,9-19H2,1-8H3;;(H3,1,2,3,4);/t21?,22?,29-;;;/m1.../s1. The van der Waals surface area contributed by atoms with Crippen molar-refractivity contribution in [1.29, 1.82) is 0 Å². The number of hydrogen-bond donors (Lipinski definition) is 4. The fourth-order valence-electron chi connectivity index (χ4n) is 5.27. The summed E-state index contributed by atoms with van der Waals surface area (Å²) < 4.78 is 15.5. The van der Waals surface area contributed by atoms with Crippen LogP contribution in [0.2, 0.25) is 0 Å². The first-order valence-corrected chi connectivity index (χ1v) is 15.4. The van der Waals surface area contributed by atoms with Gasteiger partial charge in [-0.15, -0.1) is 0 Å². The molecule has 0 radical (unpaired) electrons. The molecule has 0 bridgehead atoms. The number of phosphoric acid groups is 1.